The first-order valence-corrected chi connectivity index (χ1v) is 6.20. The van der Waals surface area contributed by atoms with E-state index in [0.29, 0.717) is 5.75 Å². The summed E-state index contributed by atoms with van der Waals surface area (Å²) in [5.74, 6) is 0.305. The SMILES string of the molecule is CCOCC.Oc1ccc(-c2ccccc2)cc1. The molecule has 96 valence electrons. The zero-order chi connectivity index (χ0) is 13.2. The molecule has 0 amide bonds. The minimum Gasteiger partial charge on any atom is -0.508 e. The van der Waals surface area contributed by atoms with E-state index >= 15 is 0 Å². The number of ether oxygens (including phenoxy) is 1. The van der Waals surface area contributed by atoms with E-state index in [1.807, 2.05) is 56.3 Å². The Bertz CT molecular complexity index is 419. The Labute approximate surface area is 109 Å². The summed E-state index contributed by atoms with van der Waals surface area (Å²) in [4.78, 5) is 0. The smallest absolute Gasteiger partial charge is 0.115 e. The van der Waals surface area contributed by atoms with Crippen LogP contribution in [0.2, 0.25) is 0 Å². The number of benzene rings is 2. The fourth-order valence-electron chi connectivity index (χ4n) is 1.49. The summed E-state index contributed by atoms with van der Waals surface area (Å²) in [6.45, 7) is 5.67. The van der Waals surface area contributed by atoms with Crippen molar-refractivity contribution in [3.63, 3.8) is 0 Å². The largest absolute Gasteiger partial charge is 0.508 e. The second-order valence-electron chi connectivity index (χ2n) is 3.69. The van der Waals surface area contributed by atoms with E-state index < -0.39 is 0 Å². The molecule has 0 atom stereocenters. The van der Waals surface area contributed by atoms with Gasteiger partial charge in [-0.15, -0.1) is 0 Å². The fourth-order valence-corrected chi connectivity index (χ4v) is 1.49. The Kier molecular flexibility index (Phi) is 6.59. The van der Waals surface area contributed by atoms with Gasteiger partial charge in [-0.3, -0.25) is 0 Å². The highest BCUT2D eigenvalue weighted by molar-refractivity contribution is 5.63. The number of phenolic OH excluding ortho intramolecular Hbond substituents is 1. The van der Waals surface area contributed by atoms with Crippen LogP contribution in [-0.2, 0) is 4.74 Å². The van der Waals surface area contributed by atoms with Gasteiger partial charge in [0.1, 0.15) is 5.75 Å². The van der Waals surface area contributed by atoms with Gasteiger partial charge in [0.2, 0.25) is 0 Å². The van der Waals surface area contributed by atoms with Crippen LogP contribution in [0.4, 0.5) is 0 Å². The number of hydrogen-bond donors (Lipinski definition) is 1. The van der Waals surface area contributed by atoms with Crippen molar-refractivity contribution >= 4 is 0 Å². The van der Waals surface area contributed by atoms with Gasteiger partial charge < -0.3 is 9.84 Å². The van der Waals surface area contributed by atoms with Crippen LogP contribution in [0.15, 0.2) is 54.6 Å². The van der Waals surface area contributed by atoms with Crippen LogP contribution in [0.5, 0.6) is 5.75 Å². The zero-order valence-corrected chi connectivity index (χ0v) is 11.0. The summed E-state index contributed by atoms with van der Waals surface area (Å²) in [5.41, 5.74) is 2.29. The predicted octanol–water partition coefficient (Wildman–Crippen LogP) is 4.10. The van der Waals surface area contributed by atoms with Crippen LogP contribution in [0.3, 0.4) is 0 Å². The fraction of sp³-hybridized carbons (Fsp3) is 0.250. The molecule has 2 nitrogen and oxygen atoms in total. The minimum atomic E-state index is 0.305. The Hall–Kier alpha value is -1.80. The molecule has 0 saturated heterocycles. The van der Waals surface area contributed by atoms with Crippen molar-refractivity contribution in [2.24, 2.45) is 0 Å². The summed E-state index contributed by atoms with van der Waals surface area (Å²) in [7, 11) is 0. The van der Waals surface area contributed by atoms with Crippen molar-refractivity contribution in [3.05, 3.63) is 54.6 Å². The molecule has 2 aromatic rings. The van der Waals surface area contributed by atoms with E-state index in [9.17, 15) is 0 Å². The van der Waals surface area contributed by atoms with Crippen molar-refractivity contribution in [1.82, 2.24) is 0 Å². The van der Waals surface area contributed by atoms with E-state index in [-0.39, 0.29) is 0 Å². The Morgan fingerprint density at radius 2 is 1.28 bits per heavy atom. The monoisotopic (exact) mass is 244 g/mol. The average molecular weight is 244 g/mol. The average Bonchev–Trinajstić information content (AvgIpc) is 2.42. The topological polar surface area (TPSA) is 29.5 Å². The molecule has 0 fully saturated rings. The molecule has 0 saturated carbocycles. The molecule has 2 aromatic carbocycles. The third-order valence-corrected chi connectivity index (χ3v) is 2.38. The first kappa shape index (κ1) is 14.3. The Morgan fingerprint density at radius 3 is 1.72 bits per heavy atom. The lowest BCUT2D eigenvalue weighted by atomic mass is 10.1. The maximum Gasteiger partial charge on any atom is 0.115 e. The maximum absolute atomic E-state index is 9.10. The first-order valence-electron chi connectivity index (χ1n) is 6.20. The molecule has 2 rings (SSSR count). The number of hydrogen-bond acceptors (Lipinski definition) is 2. The lowest BCUT2D eigenvalue weighted by Gasteiger charge is -2.00. The van der Waals surface area contributed by atoms with Crippen LogP contribution < -0.4 is 0 Å². The van der Waals surface area contributed by atoms with Crippen molar-refractivity contribution in [3.8, 4) is 16.9 Å². The van der Waals surface area contributed by atoms with E-state index in [1.165, 1.54) is 5.56 Å². The molecule has 0 aliphatic rings. The van der Waals surface area contributed by atoms with Crippen LogP contribution in [-0.4, -0.2) is 18.3 Å². The van der Waals surface area contributed by atoms with Crippen molar-refractivity contribution in [2.45, 2.75) is 13.8 Å². The molecule has 0 bridgehead atoms. The van der Waals surface area contributed by atoms with Gasteiger partial charge in [0.25, 0.3) is 0 Å². The van der Waals surface area contributed by atoms with Gasteiger partial charge in [-0.25, -0.2) is 0 Å². The molecule has 0 radical (unpaired) electrons. The van der Waals surface area contributed by atoms with E-state index in [1.54, 1.807) is 12.1 Å². The number of aromatic hydroxyl groups is 1. The van der Waals surface area contributed by atoms with Gasteiger partial charge >= 0.3 is 0 Å². The standard InChI is InChI=1S/C12H10O.C4H10O/c13-12-8-6-11(7-9-12)10-4-2-1-3-5-10;1-3-5-4-2/h1-9,13H;3-4H2,1-2H3. The lowest BCUT2D eigenvalue weighted by molar-refractivity contribution is 0.162. The molecule has 18 heavy (non-hydrogen) atoms. The lowest BCUT2D eigenvalue weighted by Crippen LogP contribution is -1.84. The van der Waals surface area contributed by atoms with Gasteiger partial charge in [-0.05, 0) is 37.1 Å². The van der Waals surface area contributed by atoms with Crippen LogP contribution in [0.25, 0.3) is 11.1 Å². The minimum absolute atomic E-state index is 0.305. The third-order valence-electron chi connectivity index (χ3n) is 2.38. The van der Waals surface area contributed by atoms with Crippen molar-refractivity contribution in [1.29, 1.82) is 0 Å². The van der Waals surface area contributed by atoms with E-state index in [4.69, 9.17) is 9.84 Å². The van der Waals surface area contributed by atoms with E-state index in [2.05, 4.69) is 0 Å². The molecule has 0 aliphatic heterocycles. The van der Waals surface area contributed by atoms with Gasteiger partial charge in [-0.1, -0.05) is 42.5 Å². The van der Waals surface area contributed by atoms with E-state index in [0.717, 1.165) is 18.8 Å². The Morgan fingerprint density at radius 1 is 0.778 bits per heavy atom. The molecule has 2 heteroatoms. The van der Waals surface area contributed by atoms with Crippen LogP contribution >= 0.6 is 0 Å². The summed E-state index contributed by atoms with van der Waals surface area (Å²) >= 11 is 0. The highest BCUT2D eigenvalue weighted by Crippen LogP contribution is 2.20. The number of rotatable bonds is 3. The summed E-state index contributed by atoms with van der Waals surface area (Å²) in [6, 6.07) is 17.3. The highest BCUT2D eigenvalue weighted by Gasteiger charge is 1.94. The second kappa shape index (κ2) is 8.31. The van der Waals surface area contributed by atoms with Gasteiger partial charge in [0.15, 0.2) is 0 Å². The normalized spacial score (nSPS) is 9.44. The molecule has 0 aromatic heterocycles. The van der Waals surface area contributed by atoms with Gasteiger partial charge in [0, 0.05) is 13.2 Å². The quantitative estimate of drug-likeness (QED) is 0.880. The molecular formula is C16H20O2. The zero-order valence-electron chi connectivity index (χ0n) is 11.0. The van der Waals surface area contributed by atoms with Crippen LogP contribution in [0, 0.1) is 0 Å². The molecule has 0 unspecified atom stereocenters. The maximum atomic E-state index is 9.10. The molecule has 1 N–H and O–H groups in total. The summed E-state index contributed by atoms with van der Waals surface area (Å²) in [6.07, 6.45) is 0. The first-order chi connectivity index (χ1) is 8.77. The summed E-state index contributed by atoms with van der Waals surface area (Å²) in [5, 5.41) is 9.10. The van der Waals surface area contributed by atoms with Crippen LogP contribution in [0.1, 0.15) is 13.8 Å². The predicted molar refractivity (Wildman–Crippen MR) is 75.7 cm³/mol. The summed E-state index contributed by atoms with van der Waals surface area (Å²) < 4.78 is 4.83. The van der Waals surface area contributed by atoms with Gasteiger partial charge in [-0.2, -0.15) is 0 Å². The third kappa shape index (κ3) is 5.02. The second-order valence-corrected chi connectivity index (χ2v) is 3.69. The van der Waals surface area contributed by atoms with Gasteiger partial charge in [0.05, 0.1) is 0 Å². The highest BCUT2D eigenvalue weighted by atomic mass is 16.5. The molecule has 0 spiro atoms. The number of phenols is 1. The molecule has 0 aliphatic carbocycles. The molecule has 0 heterocycles. The van der Waals surface area contributed by atoms with Crippen molar-refractivity contribution < 1.29 is 9.84 Å². The van der Waals surface area contributed by atoms with Crippen molar-refractivity contribution in [2.75, 3.05) is 13.2 Å². The Balaban J connectivity index is 0.000000280. The molecular weight excluding hydrogens is 224 g/mol.